The molecule has 0 N–H and O–H groups in total. The Bertz CT molecular complexity index is 1180. The maximum absolute atomic E-state index is 13.6. The monoisotopic (exact) mass is 452 g/mol. The number of rotatable bonds is 9. The second-order valence-electron chi connectivity index (χ2n) is 7.04. The number of benzene rings is 2. The summed E-state index contributed by atoms with van der Waals surface area (Å²) in [6.07, 6.45) is 6.15. The molecule has 0 aliphatic heterocycles. The number of fused-ring (bicyclic) bond motifs is 1. The fourth-order valence-corrected chi connectivity index (χ4v) is 4.35. The Balaban J connectivity index is 1.67. The molecule has 4 aromatic rings. The molecule has 0 spiro atoms. The average molecular weight is 453 g/mol. The molecule has 0 aliphatic carbocycles. The fraction of sp³-hybridized carbons (Fsp3) is 0.261. The van der Waals surface area contributed by atoms with Crippen LogP contribution in [-0.4, -0.2) is 48.3 Å². The van der Waals surface area contributed by atoms with Gasteiger partial charge in [-0.25, -0.2) is 9.97 Å². The highest BCUT2D eigenvalue weighted by Gasteiger charge is 2.22. The fourth-order valence-electron chi connectivity index (χ4n) is 3.34. The Morgan fingerprint density at radius 2 is 1.78 bits per heavy atom. The molecule has 0 unspecified atom stereocenters. The first-order chi connectivity index (χ1) is 15.6. The van der Waals surface area contributed by atoms with Crippen LogP contribution < -0.4 is 19.1 Å². The Morgan fingerprint density at radius 1 is 1.03 bits per heavy atom. The normalized spacial score (nSPS) is 10.8. The molecule has 4 rings (SSSR count). The number of anilines is 1. The van der Waals surface area contributed by atoms with Crippen LogP contribution in [0.15, 0.2) is 55.1 Å². The van der Waals surface area contributed by atoms with Crippen LogP contribution in [0.1, 0.15) is 16.8 Å². The Hall–Kier alpha value is -3.59. The molecule has 1 amide bonds. The Morgan fingerprint density at radius 3 is 2.44 bits per heavy atom. The van der Waals surface area contributed by atoms with Gasteiger partial charge in [0.1, 0.15) is 17.2 Å². The van der Waals surface area contributed by atoms with Gasteiger partial charge >= 0.3 is 0 Å². The molecule has 0 fully saturated rings. The summed E-state index contributed by atoms with van der Waals surface area (Å²) in [5.41, 5.74) is 1.29. The number of aryl methyl sites for hydroxylation is 1. The molecular weight excluding hydrogens is 428 g/mol. The van der Waals surface area contributed by atoms with Gasteiger partial charge < -0.3 is 18.8 Å². The third-order valence-corrected chi connectivity index (χ3v) is 6.06. The number of thiazole rings is 1. The van der Waals surface area contributed by atoms with E-state index in [2.05, 4.69) is 4.98 Å². The predicted octanol–water partition coefficient (Wildman–Crippen LogP) is 4.26. The molecule has 166 valence electrons. The SMILES string of the molecule is COc1cc(OC)cc(C(=O)N(CCCn2ccnc2)c2nc3ccc(OC)cc3s2)c1. The summed E-state index contributed by atoms with van der Waals surface area (Å²) in [7, 11) is 4.75. The molecule has 0 saturated carbocycles. The van der Waals surface area contributed by atoms with Gasteiger partial charge in [0.15, 0.2) is 5.13 Å². The third-order valence-electron chi connectivity index (χ3n) is 5.02. The van der Waals surface area contributed by atoms with Gasteiger partial charge in [-0.15, -0.1) is 0 Å². The lowest BCUT2D eigenvalue weighted by atomic mass is 10.1. The highest BCUT2D eigenvalue weighted by Crippen LogP contribution is 2.33. The maximum Gasteiger partial charge on any atom is 0.260 e. The molecule has 0 bridgehead atoms. The summed E-state index contributed by atoms with van der Waals surface area (Å²) in [6, 6.07) is 10.9. The lowest BCUT2D eigenvalue weighted by Crippen LogP contribution is -2.32. The van der Waals surface area contributed by atoms with Crippen LogP contribution in [0.2, 0.25) is 0 Å². The minimum absolute atomic E-state index is 0.168. The van der Waals surface area contributed by atoms with Crippen LogP contribution in [0, 0.1) is 0 Å². The van der Waals surface area contributed by atoms with Gasteiger partial charge in [-0.2, -0.15) is 0 Å². The van der Waals surface area contributed by atoms with E-state index in [1.54, 1.807) is 57.0 Å². The molecule has 2 heterocycles. The van der Waals surface area contributed by atoms with Crippen molar-refractivity contribution >= 4 is 32.6 Å². The number of hydrogen-bond donors (Lipinski definition) is 0. The molecule has 9 heteroatoms. The highest BCUT2D eigenvalue weighted by atomic mass is 32.1. The molecule has 32 heavy (non-hydrogen) atoms. The number of hydrogen-bond acceptors (Lipinski definition) is 7. The smallest absolute Gasteiger partial charge is 0.260 e. The second kappa shape index (κ2) is 9.69. The van der Waals surface area contributed by atoms with E-state index in [9.17, 15) is 4.79 Å². The number of carbonyl (C=O) groups is 1. The number of methoxy groups -OCH3 is 3. The largest absolute Gasteiger partial charge is 0.497 e. The molecule has 0 aliphatic rings. The molecule has 0 atom stereocenters. The first-order valence-corrected chi connectivity index (χ1v) is 10.9. The van der Waals surface area contributed by atoms with E-state index in [1.807, 2.05) is 29.0 Å². The van der Waals surface area contributed by atoms with Gasteiger partial charge in [-0.05, 0) is 36.8 Å². The van der Waals surface area contributed by atoms with Crippen molar-refractivity contribution in [1.29, 1.82) is 0 Å². The van der Waals surface area contributed by atoms with Gasteiger partial charge in [-0.3, -0.25) is 9.69 Å². The molecule has 8 nitrogen and oxygen atoms in total. The minimum atomic E-state index is -0.168. The van der Waals surface area contributed by atoms with Crippen molar-refractivity contribution in [2.45, 2.75) is 13.0 Å². The molecular formula is C23H24N4O4S. The maximum atomic E-state index is 13.6. The first-order valence-electron chi connectivity index (χ1n) is 10.1. The molecule has 0 radical (unpaired) electrons. The Kier molecular flexibility index (Phi) is 6.55. The van der Waals surface area contributed by atoms with Crippen LogP contribution in [0.25, 0.3) is 10.2 Å². The molecule has 2 aromatic heterocycles. The topological polar surface area (TPSA) is 78.7 Å². The van der Waals surface area contributed by atoms with Gasteiger partial charge in [-0.1, -0.05) is 11.3 Å². The quantitative estimate of drug-likeness (QED) is 0.378. The van der Waals surface area contributed by atoms with Crippen LogP contribution in [0.4, 0.5) is 5.13 Å². The van der Waals surface area contributed by atoms with Crippen molar-refractivity contribution in [3.8, 4) is 17.2 Å². The lowest BCUT2D eigenvalue weighted by Gasteiger charge is -2.20. The summed E-state index contributed by atoms with van der Waals surface area (Å²) in [5.74, 6) is 1.70. The van der Waals surface area contributed by atoms with E-state index in [0.29, 0.717) is 28.7 Å². The van der Waals surface area contributed by atoms with Gasteiger partial charge in [0.05, 0.1) is 37.9 Å². The van der Waals surface area contributed by atoms with Gasteiger partial charge in [0.2, 0.25) is 0 Å². The van der Waals surface area contributed by atoms with Crippen LogP contribution >= 0.6 is 11.3 Å². The zero-order chi connectivity index (χ0) is 22.5. The minimum Gasteiger partial charge on any atom is -0.497 e. The van der Waals surface area contributed by atoms with E-state index in [1.165, 1.54) is 11.3 Å². The summed E-state index contributed by atoms with van der Waals surface area (Å²) in [4.78, 5) is 24.1. The number of aromatic nitrogens is 3. The second-order valence-corrected chi connectivity index (χ2v) is 8.05. The highest BCUT2D eigenvalue weighted by molar-refractivity contribution is 7.22. The van der Waals surface area contributed by atoms with Crippen molar-refractivity contribution in [1.82, 2.24) is 14.5 Å². The summed E-state index contributed by atoms with van der Waals surface area (Å²) in [6.45, 7) is 1.23. The number of imidazole rings is 1. The first kappa shape index (κ1) is 21.6. The average Bonchev–Trinajstić information content (AvgIpc) is 3.50. The van der Waals surface area contributed by atoms with E-state index in [0.717, 1.165) is 28.9 Å². The van der Waals surface area contributed by atoms with E-state index >= 15 is 0 Å². The number of carbonyl (C=O) groups excluding carboxylic acids is 1. The number of nitrogens with zero attached hydrogens (tertiary/aromatic N) is 4. The number of amides is 1. The van der Waals surface area contributed by atoms with Crippen molar-refractivity contribution in [2.75, 3.05) is 32.8 Å². The lowest BCUT2D eigenvalue weighted by molar-refractivity contribution is 0.0985. The van der Waals surface area contributed by atoms with Crippen molar-refractivity contribution < 1.29 is 19.0 Å². The Labute approximate surface area is 190 Å². The van der Waals surface area contributed by atoms with Crippen molar-refractivity contribution in [3.05, 3.63) is 60.7 Å². The summed E-state index contributed by atoms with van der Waals surface area (Å²) >= 11 is 1.46. The molecule has 0 saturated heterocycles. The van der Waals surface area contributed by atoms with Crippen LogP contribution in [0.5, 0.6) is 17.2 Å². The van der Waals surface area contributed by atoms with Gasteiger partial charge in [0, 0.05) is 37.1 Å². The van der Waals surface area contributed by atoms with E-state index < -0.39 is 0 Å². The zero-order valence-corrected chi connectivity index (χ0v) is 19.0. The number of ether oxygens (including phenoxy) is 3. The van der Waals surface area contributed by atoms with Crippen molar-refractivity contribution in [3.63, 3.8) is 0 Å². The summed E-state index contributed by atoms with van der Waals surface area (Å²) < 4.78 is 19.0. The van der Waals surface area contributed by atoms with Crippen LogP contribution in [0.3, 0.4) is 0 Å². The zero-order valence-electron chi connectivity index (χ0n) is 18.1. The van der Waals surface area contributed by atoms with Crippen molar-refractivity contribution in [2.24, 2.45) is 0 Å². The molecule has 2 aromatic carbocycles. The third kappa shape index (κ3) is 4.67. The van der Waals surface area contributed by atoms with Gasteiger partial charge in [0.25, 0.3) is 5.91 Å². The van der Waals surface area contributed by atoms with E-state index in [4.69, 9.17) is 19.2 Å². The summed E-state index contributed by atoms with van der Waals surface area (Å²) in [5, 5.41) is 0.630. The van der Waals surface area contributed by atoms with Crippen LogP contribution in [-0.2, 0) is 6.54 Å². The van der Waals surface area contributed by atoms with E-state index in [-0.39, 0.29) is 5.91 Å². The standard InChI is InChI=1S/C23H24N4O4S/c1-29-17-5-6-20-21(14-17)32-23(25-20)27(9-4-8-26-10-7-24-15-26)22(28)16-11-18(30-2)13-19(12-16)31-3/h5-7,10-15H,4,8-9H2,1-3H3. The predicted molar refractivity (Wildman–Crippen MR) is 124 cm³/mol.